The van der Waals surface area contributed by atoms with Crippen molar-refractivity contribution in [2.45, 2.75) is 193 Å². The Labute approximate surface area is 323 Å². The third-order valence-electron chi connectivity index (χ3n) is 12.2. The molecule has 4 aliphatic rings. The lowest BCUT2D eigenvalue weighted by molar-refractivity contribution is -0.199. The molecule has 0 unspecified atom stereocenters. The summed E-state index contributed by atoms with van der Waals surface area (Å²) < 4.78 is 12.9. The SMILES string of the molecule is CCCCCCCCCC(=O)N[C@@H](CC)C(=O)N[C@H](C(=O)N[C@@H](C)C(=O)N[C@@H](CCCCN)C(=O)N[C@@H](C)B1O[C@@H]2C[C@@H]3C[C@@H](C3(C)C)[C@]2(C)O1)[C@@H](C)O. The first-order valence-corrected chi connectivity index (χ1v) is 20.7. The number of rotatable bonds is 24. The standard InChI is InChI=1S/C39H71BN6O8/c1-9-11-12-13-14-15-16-20-32(48)44-28(10-2)35(50)46-33(25(4)47)37(52)42-24(3)34(49)45-29(19-17-18-21-41)36(51)43-26(5)40-53-31-23-27-22-30(38(27,6)7)39(31,8)54-40/h24-31,33,47H,9-23,41H2,1-8H3,(H,42,52)(H,43,51)(H,44,48)(H,45,49)(H,46,50)/t24-,25+,26-,27-,28-,29-,30-,31+,33-,39-/m0/s1. The van der Waals surface area contributed by atoms with Gasteiger partial charge >= 0.3 is 7.12 Å². The Morgan fingerprint density at radius 1 is 0.778 bits per heavy atom. The molecule has 8 N–H and O–H groups in total. The number of aliphatic hydroxyl groups is 1. The second kappa shape index (κ2) is 21.0. The van der Waals surface area contributed by atoms with Gasteiger partial charge in [0.1, 0.15) is 24.2 Å². The molecule has 0 aromatic carbocycles. The van der Waals surface area contributed by atoms with Gasteiger partial charge in [0, 0.05) is 6.42 Å². The zero-order valence-electron chi connectivity index (χ0n) is 34.3. The van der Waals surface area contributed by atoms with Crippen LogP contribution in [0.5, 0.6) is 0 Å². The number of aliphatic hydroxyl groups excluding tert-OH is 1. The molecule has 308 valence electrons. The van der Waals surface area contributed by atoms with E-state index in [1.165, 1.54) is 33.1 Å². The summed E-state index contributed by atoms with van der Waals surface area (Å²) in [5.41, 5.74) is 5.46. The summed E-state index contributed by atoms with van der Waals surface area (Å²) in [7, 11) is -0.629. The Morgan fingerprint density at radius 2 is 1.43 bits per heavy atom. The molecule has 1 heterocycles. The molecule has 54 heavy (non-hydrogen) atoms. The molecule has 0 radical (unpaired) electrons. The fourth-order valence-electron chi connectivity index (χ4n) is 8.46. The number of hydrogen-bond acceptors (Lipinski definition) is 9. The number of nitrogens with two attached hydrogens (primary N) is 1. The monoisotopic (exact) mass is 763 g/mol. The zero-order chi connectivity index (χ0) is 40.2. The minimum Gasteiger partial charge on any atom is -0.404 e. The minimum absolute atomic E-state index is 0.0373. The van der Waals surface area contributed by atoms with Gasteiger partial charge in [0.05, 0.1) is 23.8 Å². The van der Waals surface area contributed by atoms with Crippen LogP contribution in [0.15, 0.2) is 0 Å². The highest BCUT2D eigenvalue weighted by Crippen LogP contribution is 2.65. The van der Waals surface area contributed by atoms with E-state index in [1.54, 1.807) is 6.92 Å². The molecule has 0 aromatic rings. The van der Waals surface area contributed by atoms with Gasteiger partial charge in [-0.25, -0.2) is 0 Å². The summed E-state index contributed by atoms with van der Waals surface area (Å²) in [5, 5.41) is 24.0. The summed E-state index contributed by atoms with van der Waals surface area (Å²) in [6.07, 6.45) is 10.3. The molecule has 10 atom stereocenters. The molecular formula is C39H71BN6O8. The van der Waals surface area contributed by atoms with E-state index < -0.39 is 72.6 Å². The van der Waals surface area contributed by atoms with Crippen LogP contribution in [0, 0.1) is 17.3 Å². The highest BCUT2D eigenvalue weighted by atomic mass is 16.7. The number of carbonyl (C=O) groups excluding carboxylic acids is 5. The maximum atomic E-state index is 13.6. The molecule has 1 aliphatic heterocycles. The van der Waals surface area contributed by atoms with Gasteiger partial charge in [0.25, 0.3) is 0 Å². The van der Waals surface area contributed by atoms with E-state index in [0.29, 0.717) is 44.1 Å². The molecule has 5 amide bonds. The number of amides is 5. The average molecular weight is 763 g/mol. The molecule has 0 spiro atoms. The van der Waals surface area contributed by atoms with Gasteiger partial charge in [-0.15, -0.1) is 0 Å². The molecule has 15 heteroatoms. The molecule has 2 bridgehead atoms. The van der Waals surface area contributed by atoms with Crippen LogP contribution in [-0.2, 0) is 33.3 Å². The number of carbonyl (C=O) groups is 5. The first-order chi connectivity index (χ1) is 25.5. The van der Waals surface area contributed by atoms with Crippen molar-refractivity contribution in [3.63, 3.8) is 0 Å². The van der Waals surface area contributed by atoms with E-state index in [9.17, 15) is 29.1 Å². The van der Waals surface area contributed by atoms with E-state index in [-0.39, 0.29) is 23.8 Å². The average Bonchev–Trinajstić information content (AvgIpc) is 3.49. The molecule has 0 aromatic heterocycles. The van der Waals surface area contributed by atoms with Gasteiger partial charge in [-0.3, -0.25) is 24.0 Å². The van der Waals surface area contributed by atoms with Crippen LogP contribution < -0.4 is 32.3 Å². The smallest absolute Gasteiger partial charge is 0.404 e. The van der Waals surface area contributed by atoms with Crippen LogP contribution in [0.1, 0.15) is 145 Å². The topological polar surface area (TPSA) is 210 Å². The van der Waals surface area contributed by atoms with Gasteiger partial charge in [-0.05, 0) is 96.4 Å². The second-order valence-corrected chi connectivity index (χ2v) is 16.8. The van der Waals surface area contributed by atoms with Crippen molar-refractivity contribution >= 4 is 36.7 Å². The highest BCUT2D eigenvalue weighted by Gasteiger charge is 2.68. The maximum absolute atomic E-state index is 13.6. The third kappa shape index (κ3) is 11.9. The summed E-state index contributed by atoms with van der Waals surface area (Å²) in [5.74, 6) is -2.18. The minimum atomic E-state index is -1.39. The number of hydrogen-bond donors (Lipinski definition) is 7. The van der Waals surface area contributed by atoms with Crippen molar-refractivity contribution in [3.8, 4) is 0 Å². The van der Waals surface area contributed by atoms with Gasteiger partial charge in [0.15, 0.2) is 0 Å². The Kier molecular flexibility index (Phi) is 17.7. The Bertz CT molecular complexity index is 1270. The van der Waals surface area contributed by atoms with Crippen LogP contribution in [0.25, 0.3) is 0 Å². The summed E-state index contributed by atoms with van der Waals surface area (Å²) >= 11 is 0. The van der Waals surface area contributed by atoms with E-state index in [4.69, 9.17) is 15.0 Å². The van der Waals surface area contributed by atoms with Crippen molar-refractivity contribution in [1.82, 2.24) is 26.6 Å². The molecule has 4 fully saturated rings. The van der Waals surface area contributed by atoms with E-state index >= 15 is 0 Å². The quantitative estimate of drug-likeness (QED) is 0.0569. The molecule has 14 nitrogen and oxygen atoms in total. The largest absolute Gasteiger partial charge is 0.481 e. The lowest BCUT2D eigenvalue weighted by Crippen LogP contribution is -2.65. The normalized spacial score (nSPS) is 25.8. The first kappa shape index (κ1) is 45.6. The predicted molar refractivity (Wildman–Crippen MR) is 209 cm³/mol. The fraction of sp³-hybridized carbons (Fsp3) is 0.872. The van der Waals surface area contributed by atoms with Crippen LogP contribution >= 0.6 is 0 Å². The van der Waals surface area contributed by atoms with Crippen molar-refractivity contribution in [2.24, 2.45) is 23.0 Å². The first-order valence-electron chi connectivity index (χ1n) is 20.7. The van der Waals surface area contributed by atoms with Crippen molar-refractivity contribution in [1.29, 1.82) is 0 Å². The van der Waals surface area contributed by atoms with Gasteiger partial charge in [-0.1, -0.05) is 66.2 Å². The van der Waals surface area contributed by atoms with E-state index in [0.717, 1.165) is 38.5 Å². The van der Waals surface area contributed by atoms with Crippen LogP contribution in [0.3, 0.4) is 0 Å². The zero-order valence-corrected chi connectivity index (χ0v) is 34.3. The summed E-state index contributed by atoms with van der Waals surface area (Å²) in [6, 6.07) is -4.31. The third-order valence-corrected chi connectivity index (χ3v) is 12.2. The Morgan fingerprint density at radius 3 is 2.04 bits per heavy atom. The lowest BCUT2D eigenvalue weighted by atomic mass is 9.43. The van der Waals surface area contributed by atoms with Crippen LogP contribution in [-0.4, -0.2) is 96.2 Å². The number of unbranched alkanes of at least 4 members (excludes halogenated alkanes) is 7. The van der Waals surface area contributed by atoms with Crippen LogP contribution in [0.2, 0.25) is 0 Å². The predicted octanol–water partition coefficient (Wildman–Crippen LogP) is 2.78. The molecular weight excluding hydrogens is 691 g/mol. The van der Waals surface area contributed by atoms with Crippen molar-refractivity contribution < 1.29 is 38.4 Å². The number of nitrogens with one attached hydrogen (secondary N) is 5. The van der Waals surface area contributed by atoms with Gasteiger partial charge in [0.2, 0.25) is 29.5 Å². The van der Waals surface area contributed by atoms with E-state index in [1.807, 2.05) is 6.92 Å². The van der Waals surface area contributed by atoms with E-state index in [2.05, 4.69) is 54.3 Å². The Balaban J connectivity index is 1.52. The molecule has 1 saturated heterocycles. The fourth-order valence-corrected chi connectivity index (χ4v) is 8.46. The highest BCUT2D eigenvalue weighted by molar-refractivity contribution is 6.47. The Hall–Kier alpha value is -2.75. The molecule has 4 rings (SSSR count). The van der Waals surface area contributed by atoms with Crippen molar-refractivity contribution in [3.05, 3.63) is 0 Å². The molecule has 3 saturated carbocycles. The van der Waals surface area contributed by atoms with Crippen molar-refractivity contribution in [2.75, 3.05) is 6.54 Å². The maximum Gasteiger partial charge on any atom is 0.481 e. The lowest BCUT2D eigenvalue weighted by Gasteiger charge is -2.64. The summed E-state index contributed by atoms with van der Waals surface area (Å²) in [6.45, 7) is 15.7. The van der Waals surface area contributed by atoms with Crippen LogP contribution in [0.4, 0.5) is 0 Å². The second-order valence-electron chi connectivity index (χ2n) is 16.8. The van der Waals surface area contributed by atoms with Gasteiger partial charge < -0.3 is 46.7 Å². The van der Waals surface area contributed by atoms with Gasteiger partial charge in [-0.2, -0.15) is 0 Å². The molecule has 3 aliphatic carbocycles. The summed E-state index contributed by atoms with van der Waals surface area (Å²) in [4.78, 5) is 65.9.